The maximum absolute atomic E-state index is 11.3. The van der Waals surface area contributed by atoms with Gasteiger partial charge in [-0.3, -0.25) is 14.9 Å². The van der Waals surface area contributed by atoms with Gasteiger partial charge in [0.2, 0.25) is 11.8 Å². The Morgan fingerprint density at radius 1 is 1.73 bits per heavy atom. The van der Waals surface area contributed by atoms with Crippen molar-refractivity contribution in [2.75, 3.05) is 5.32 Å². The minimum absolute atomic E-state index is 0.151. The van der Waals surface area contributed by atoms with Gasteiger partial charge in [-0.15, -0.1) is 0 Å². The molecule has 7 nitrogen and oxygen atoms in total. The molecule has 1 aromatic heterocycles. The van der Waals surface area contributed by atoms with Gasteiger partial charge < -0.3 is 15.4 Å². The first-order valence-corrected chi connectivity index (χ1v) is 4.20. The second kappa shape index (κ2) is 4.56. The van der Waals surface area contributed by atoms with Crippen molar-refractivity contribution < 1.29 is 19.2 Å². The predicted molar refractivity (Wildman–Crippen MR) is 50.1 cm³/mol. The van der Waals surface area contributed by atoms with Crippen LogP contribution >= 0.6 is 0 Å². The lowest BCUT2D eigenvalue weighted by atomic mass is 10.2. The van der Waals surface area contributed by atoms with Crippen LogP contribution in [0.4, 0.5) is 5.88 Å². The normalized spacial score (nSPS) is 12.1. The summed E-state index contributed by atoms with van der Waals surface area (Å²) in [5.41, 5.74) is 5.93. The number of hydrogen-bond donors (Lipinski definition) is 3. The summed E-state index contributed by atoms with van der Waals surface area (Å²) in [4.78, 5) is 21.5. The number of rotatable bonds is 4. The van der Waals surface area contributed by atoms with Crippen LogP contribution in [0, 0.1) is 6.92 Å². The van der Waals surface area contributed by atoms with Crippen molar-refractivity contribution in [2.24, 2.45) is 5.73 Å². The number of aryl methyl sites for hydroxylation is 1. The monoisotopic (exact) mass is 213 g/mol. The minimum Gasteiger partial charge on any atom is -0.481 e. The van der Waals surface area contributed by atoms with Crippen molar-refractivity contribution in [3.8, 4) is 0 Å². The van der Waals surface area contributed by atoms with Crippen LogP contribution in [-0.4, -0.2) is 28.2 Å². The van der Waals surface area contributed by atoms with E-state index in [4.69, 9.17) is 15.4 Å². The van der Waals surface area contributed by atoms with Crippen LogP contribution in [-0.2, 0) is 9.59 Å². The summed E-state index contributed by atoms with van der Waals surface area (Å²) < 4.78 is 4.71. The summed E-state index contributed by atoms with van der Waals surface area (Å²) in [6.07, 6.45) is -0.432. The number of nitrogens with one attached hydrogen (secondary N) is 1. The molecule has 1 unspecified atom stereocenters. The Kier molecular flexibility index (Phi) is 3.40. The molecule has 0 aliphatic heterocycles. The summed E-state index contributed by atoms with van der Waals surface area (Å²) in [5, 5.41) is 14.3. The van der Waals surface area contributed by atoms with E-state index < -0.39 is 24.3 Å². The average molecular weight is 213 g/mol. The maximum atomic E-state index is 11.3. The molecule has 0 spiro atoms. The van der Waals surface area contributed by atoms with Crippen molar-refractivity contribution in [1.29, 1.82) is 0 Å². The van der Waals surface area contributed by atoms with Crippen LogP contribution in [0.2, 0.25) is 0 Å². The molecule has 0 saturated carbocycles. The number of amides is 1. The number of carboxylic acids is 1. The molecule has 1 rings (SSSR count). The standard InChI is InChI=1S/C8H11N3O4/c1-4-2-6(15-11-4)10-8(14)5(9)3-7(12)13/h2,5H,3,9H2,1H3,(H,10,14)(H,12,13). The smallest absolute Gasteiger partial charge is 0.305 e. The first-order chi connectivity index (χ1) is 6.99. The van der Waals surface area contributed by atoms with Gasteiger partial charge in [0.05, 0.1) is 18.2 Å². The quantitative estimate of drug-likeness (QED) is 0.633. The number of nitrogens with zero attached hydrogens (tertiary/aromatic N) is 1. The topological polar surface area (TPSA) is 118 Å². The Balaban J connectivity index is 2.52. The molecule has 15 heavy (non-hydrogen) atoms. The Morgan fingerprint density at radius 2 is 2.40 bits per heavy atom. The van der Waals surface area contributed by atoms with Gasteiger partial charge in [0, 0.05) is 6.07 Å². The van der Waals surface area contributed by atoms with Crippen LogP contribution in [0.15, 0.2) is 10.6 Å². The van der Waals surface area contributed by atoms with E-state index in [0.29, 0.717) is 5.69 Å². The summed E-state index contributed by atoms with van der Waals surface area (Å²) in [7, 11) is 0. The molecule has 0 saturated heterocycles. The lowest BCUT2D eigenvalue weighted by Gasteiger charge is -2.06. The molecule has 0 bridgehead atoms. The van der Waals surface area contributed by atoms with Crippen LogP contribution in [0.1, 0.15) is 12.1 Å². The summed E-state index contributed by atoms with van der Waals surface area (Å²) in [6, 6.07) is 0.402. The zero-order chi connectivity index (χ0) is 11.4. The molecule has 82 valence electrons. The van der Waals surface area contributed by atoms with Crippen molar-refractivity contribution in [3.05, 3.63) is 11.8 Å². The highest BCUT2D eigenvalue weighted by Crippen LogP contribution is 2.08. The number of carbonyl (C=O) groups excluding carboxylic acids is 1. The molecule has 1 aromatic rings. The van der Waals surface area contributed by atoms with Gasteiger partial charge in [0.25, 0.3) is 0 Å². The molecule has 1 amide bonds. The fourth-order valence-electron chi connectivity index (χ4n) is 0.917. The Morgan fingerprint density at radius 3 is 2.87 bits per heavy atom. The Bertz CT molecular complexity index is 374. The Labute approximate surface area is 85.2 Å². The molecule has 4 N–H and O–H groups in total. The third-order valence-electron chi connectivity index (χ3n) is 1.61. The molecular formula is C8H11N3O4. The minimum atomic E-state index is -1.13. The number of aliphatic carboxylic acids is 1. The largest absolute Gasteiger partial charge is 0.481 e. The number of anilines is 1. The van der Waals surface area contributed by atoms with Crippen molar-refractivity contribution in [2.45, 2.75) is 19.4 Å². The molecule has 0 aromatic carbocycles. The number of nitrogens with two attached hydrogens (primary N) is 1. The number of carbonyl (C=O) groups is 2. The predicted octanol–water partition coefficient (Wildman–Crippen LogP) is -0.276. The molecule has 1 heterocycles. The maximum Gasteiger partial charge on any atom is 0.305 e. The van der Waals surface area contributed by atoms with E-state index >= 15 is 0 Å². The van der Waals surface area contributed by atoms with E-state index in [2.05, 4.69) is 10.5 Å². The first kappa shape index (κ1) is 11.2. The van der Waals surface area contributed by atoms with Crippen LogP contribution in [0.25, 0.3) is 0 Å². The van der Waals surface area contributed by atoms with E-state index in [1.165, 1.54) is 6.07 Å². The SMILES string of the molecule is Cc1cc(NC(=O)C(N)CC(=O)O)on1. The van der Waals surface area contributed by atoms with Crippen molar-refractivity contribution >= 4 is 17.8 Å². The van der Waals surface area contributed by atoms with Crippen molar-refractivity contribution in [3.63, 3.8) is 0 Å². The average Bonchev–Trinajstić information content (AvgIpc) is 2.50. The lowest BCUT2D eigenvalue weighted by Crippen LogP contribution is -2.37. The zero-order valence-corrected chi connectivity index (χ0v) is 8.06. The lowest BCUT2D eigenvalue weighted by molar-refractivity contribution is -0.138. The molecule has 0 aliphatic rings. The highest BCUT2D eigenvalue weighted by atomic mass is 16.5. The summed E-state index contributed by atoms with van der Waals surface area (Å²) in [6.45, 7) is 1.69. The Hall–Kier alpha value is -1.89. The summed E-state index contributed by atoms with van der Waals surface area (Å²) in [5.74, 6) is -1.60. The fourth-order valence-corrected chi connectivity index (χ4v) is 0.917. The van der Waals surface area contributed by atoms with E-state index in [1.807, 2.05) is 0 Å². The fraction of sp³-hybridized carbons (Fsp3) is 0.375. The molecule has 0 radical (unpaired) electrons. The van der Waals surface area contributed by atoms with E-state index in [-0.39, 0.29) is 5.88 Å². The molecular weight excluding hydrogens is 202 g/mol. The second-order valence-electron chi connectivity index (χ2n) is 3.03. The van der Waals surface area contributed by atoms with Crippen LogP contribution in [0.3, 0.4) is 0 Å². The van der Waals surface area contributed by atoms with Crippen molar-refractivity contribution in [1.82, 2.24) is 5.16 Å². The molecule has 0 fully saturated rings. The third-order valence-corrected chi connectivity index (χ3v) is 1.61. The van der Waals surface area contributed by atoms with Gasteiger partial charge in [-0.05, 0) is 6.92 Å². The highest BCUT2D eigenvalue weighted by molar-refractivity contribution is 5.95. The molecule has 1 atom stereocenters. The number of carboxylic acid groups (broad SMARTS) is 1. The van der Waals surface area contributed by atoms with Gasteiger partial charge in [-0.2, -0.15) is 0 Å². The van der Waals surface area contributed by atoms with E-state index in [1.54, 1.807) is 6.92 Å². The van der Waals surface area contributed by atoms with Gasteiger partial charge >= 0.3 is 5.97 Å². The van der Waals surface area contributed by atoms with Gasteiger partial charge in [0.1, 0.15) is 0 Å². The molecule has 7 heteroatoms. The third kappa shape index (κ3) is 3.39. The first-order valence-electron chi connectivity index (χ1n) is 4.20. The zero-order valence-electron chi connectivity index (χ0n) is 8.06. The molecule has 0 aliphatic carbocycles. The van der Waals surface area contributed by atoms with Gasteiger partial charge in [0.15, 0.2) is 0 Å². The number of aromatic nitrogens is 1. The van der Waals surface area contributed by atoms with Gasteiger partial charge in [-0.25, -0.2) is 0 Å². The van der Waals surface area contributed by atoms with Crippen LogP contribution < -0.4 is 11.1 Å². The second-order valence-corrected chi connectivity index (χ2v) is 3.03. The highest BCUT2D eigenvalue weighted by Gasteiger charge is 2.18. The van der Waals surface area contributed by atoms with E-state index in [0.717, 1.165) is 0 Å². The van der Waals surface area contributed by atoms with E-state index in [9.17, 15) is 9.59 Å². The summed E-state index contributed by atoms with van der Waals surface area (Å²) >= 11 is 0. The number of hydrogen-bond acceptors (Lipinski definition) is 5. The van der Waals surface area contributed by atoms with Gasteiger partial charge in [-0.1, -0.05) is 5.16 Å². The van der Waals surface area contributed by atoms with Crippen LogP contribution in [0.5, 0.6) is 0 Å².